The molecular weight excluding hydrogens is 306 g/mol. The van der Waals surface area contributed by atoms with Crippen molar-refractivity contribution < 1.29 is 19.5 Å². The average molecular weight is 325 g/mol. The quantitative estimate of drug-likeness (QED) is 0.699. The van der Waals surface area contributed by atoms with Crippen LogP contribution in [0, 0.1) is 11.8 Å². The highest BCUT2D eigenvalue weighted by Crippen LogP contribution is 2.32. The van der Waals surface area contributed by atoms with Crippen LogP contribution in [0.15, 0.2) is 5.38 Å². The maximum atomic E-state index is 11.9. The van der Waals surface area contributed by atoms with E-state index in [0.29, 0.717) is 10.8 Å². The lowest BCUT2D eigenvalue weighted by atomic mass is 10.2. The van der Waals surface area contributed by atoms with Gasteiger partial charge < -0.3 is 15.7 Å². The van der Waals surface area contributed by atoms with Gasteiger partial charge in [-0.2, -0.15) is 0 Å². The van der Waals surface area contributed by atoms with Crippen LogP contribution in [0.25, 0.3) is 0 Å². The van der Waals surface area contributed by atoms with Gasteiger partial charge in [0.1, 0.15) is 6.04 Å². The van der Waals surface area contributed by atoms with E-state index >= 15 is 0 Å². The number of nitrogens with zero attached hydrogens (tertiary/aromatic N) is 1. The van der Waals surface area contributed by atoms with Crippen molar-refractivity contribution in [2.24, 2.45) is 11.8 Å². The van der Waals surface area contributed by atoms with Gasteiger partial charge in [-0.15, -0.1) is 11.3 Å². The molecule has 0 radical (unpaired) electrons. The number of aliphatic carboxylic acids is 1. The molecule has 120 valence electrons. The molecule has 1 saturated carbocycles. The molecule has 1 aromatic heterocycles. The summed E-state index contributed by atoms with van der Waals surface area (Å²) in [6.45, 7) is 3.56. The number of carboxylic acids is 1. The van der Waals surface area contributed by atoms with Gasteiger partial charge in [-0.3, -0.25) is 9.59 Å². The maximum absolute atomic E-state index is 11.9. The second-order valence-corrected chi connectivity index (χ2v) is 6.54. The summed E-state index contributed by atoms with van der Waals surface area (Å²) in [4.78, 5) is 38.7. The predicted molar refractivity (Wildman–Crippen MR) is 81.6 cm³/mol. The van der Waals surface area contributed by atoms with E-state index in [1.807, 2.05) is 0 Å². The van der Waals surface area contributed by atoms with Gasteiger partial charge in [0.15, 0.2) is 5.13 Å². The highest BCUT2D eigenvalue weighted by atomic mass is 32.1. The number of nitrogens with one attached hydrogen (secondary N) is 2. The summed E-state index contributed by atoms with van der Waals surface area (Å²) >= 11 is 1.24. The number of carboxylic acid groups (broad SMARTS) is 1. The first kappa shape index (κ1) is 16.4. The summed E-state index contributed by atoms with van der Waals surface area (Å²) in [5, 5.41) is 16.4. The Hall–Kier alpha value is -1.96. The van der Waals surface area contributed by atoms with Crippen molar-refractivity contribution in [3.8, 4) is 0 Å². The number of aromatic nitrogens is 1. The lowest BCUT2D eigenvalue weighted by Gasteiger charge is -2.12. The van der Waals surface area contributed by atoms with Gasteiger partial charge in [-0.1, -0.05) is 13.8 Å². The minimum atomic E-state index is -1.00. The number of hydrogen-bond donors (Lipinski definition) is 3. The zero-order valence-electron chi connectivity index (χ0n) is 12.5. The maximum Gasteiger partial charge on any atom is 0.326 e. The molecule has 0 aliphatic heterocycles. The van der Waals surface area contributed by atoms with Crippen molar-refractivity contribution in [2.45, 2.75) is 39.2 Å². The molecule has 8 heteroatoms. The zero-order valence-corrected chi connectivity index (χ0v) is 13.3. The summed E-state index contributed by atoms with van der Waals surface area (Å²) in [6, 6.07) is -0.814. The fourth-order valence-electron chi connectivity index (χ4n) is 1.90. The average Bonchev–Trinajstić information content (AvgIpc) is 3.18. The molecule has 7 nitrogen and oxygen atoms in total. The molecule has 2 rings (SSSR count). The Morgan fingerprint density at radius 1 is 1.41 bits per heavy atom. The second-order valence-electron chi connectivity index (χ2n) is 5.69. The second kappa shape index (κ2) is 6.87. The summed E-state index contributed by atoms with van der Waals surface area (Å²) in [6.07, 6.45) is 1.67. The molecule has 22 heavy (non-hydrogen) atoms. The lowest BCUT2D eigenvalue weighted by Crippen LogP contribution is -2.43. The highest BCUT2D eigenvalue weighted by molar-refractivity contribution is 7.13. The van der Waals surface area contributed by atoms with Crippen LogP contribution >= 0.6 is 11.3 Å². The third kappa shape index (κ3) is 4.52. The van der Waals surface area contributed by atoms with E-state index < -0.39 is 12.0 Å². The highest BCUT2D eigenvalue weighted by Gasteiger charge is 2.37. The molecule has 1 fully saturated rings. The fraction of sp³-hybridized carbons (Fsp3) is 0.571. The molecule has 1 heterocycles. The lowest BCUT2D eigenvalue weighted by molar-refractivity contribution is -0.142. The number of amides is 2. The van der Waals surface area contributed by atoms with Crippen LogP contribution in [0.4, 0.5) is 5.13 Å². The first-order chi connectivity index (χ1) is 10.4. The molecule has 1 unspecified atom stereocenters. The minimum Gasteiger partial charge on any atom is -0.480 e. The van der Waals surface area contributed by atoms with Crippen molar-refractivity contribution in [1.29, 1.82) is 0 Å². The first-order valence-electron chi connectivity index (χ1n) is 7.14. The van der Waals surface area contributed by atoms with Crippen LogP contribution in [-0.4, -0.2) is 33.9 Å². The SMILES string of the molecule is CC(C)C(=O)Nc1nc(CC(=O)NC(C(=O)O)C2CC2)cs1. The molecule has 0 saturated heterocycles. The third-order valence-corrected chi connectivity index (χ3v) is 4.13. The fourth-order valence-corrected chi connectivity index (χ4v) is 2.61. The van der Waals surface area contributed by atoms with Gasteiger partial charge in [0, 0.05) is 11.3 Å². The molecule has 1 aliphatic rings. The van der Waals surface area contributed by atoms with E-state index in [9.17, 15) is 14.4 Å². The van der Waals surface area contributed by atoms with Crippen LogP contribution in [0.2, 0.25) is 0 Å². The molecular formula is C14H19N3O4S. The van der Waals surface area contributed by atoms with Crippen LogP contribution < -0.4 is 10.6 Å². The van der Waals surface area contributed by atoms with Gasteiger partial charge >= 0.3 is 5.97 Å². The van der Waals surface area contributed by atoms with E-state index in [0.717, 1.165) is 12.8 Å². The smallest absolute Gasteiger partial charge is 0.326 e. The number of rotatable bonds is 7. The van der Waals surface area contributed by atoms with Gasteiger partial charge in [-0.25, -0.2) is 9.78 Å². The number of hydrogen-bond acceptors (Lipinski definition) is 5. The molecule has 3 N–H and O–H groups in total. The summed E-state index contributed by atoms with van der Waals surface area (Å²) in [5.74, 6) is -1.61. The van der Waals surface area contributed by atoms with Crippen molar-refractivity contribution in [2.75, 3.05) is 5.32 Å². The summed E-state index contributed by atoms with van der Waals surface area (Å²) in [5.41, 5.74) is 0.515. The molecule has 1 aromatic rings. The Morgan fingerprint density at radius 3 is 2.64 bits per heavy atom. The zero-order chi connectivity index (χ0) is 16.3. The minimum absolute atomic E-state index is 0.00451. The van der Waals surface area contributed by atoms with Crippen molar-refractivity contribution in [3.63, 3.8) is 0 Å². The summed E-state index contributed by atoms with van der Waals surface area (Å²) < 4.78 is 0. The predicted octanol–water partition coefficient (Wildman–Crippen LogP) is 1.26. The topological polar surface area (TPSA) is 108 Å². The standard InChI is InChI=1S/C14H19N3O4S/c1-7(2)12(19)17-14-15-9(6-22-14)5-10(18)16-11(13(20)21)8-3-4-8/h6-8,11H,3-5H2,1-2H3,(H,16,18)(H,20,21)(H,15,17,19). The Labute approximate surface area is 132 Å². The largest absolute Gasteiger partial charge is 0.480 e. The monoisotopic (exact) mass is 325 g/mol. The Kier molecular flexibility index (Phi) is 5.12. The molecule has 1 atom stereocenters. The van der Waals surface area contributed by atoms with Crippen LogP contribution in [0.1, 0.15) is 32.4 Å². The molecule has 2 amide bonds. The normalized spacial score (nSPS) is 15.4. The number of thiazole rings is 1. The Morgan fingerprint density at radius 2 is 2.09 bits per heavy atom. The van der Waals surface area contributed by atoms with Gasteiger partial charge in [-0.05, 0) is 18.8 Å². The van der Waals surface area contributed by atoms with E-state index in [2.05, 4.69) is 15.6 Å². The Balaban J connectivity index is 1.88. The van der Waals surface area contributed by atoms with E-state index in [1.165, 1.54) is 11.3 Å². The van der Waals surface area contributed by atoms with Crippen molar-refractivity contribution in [3.05, 3.63) is 11.1 Å². The molecule has 0 spiro atoms. The van der Waals surface area contributed by atoms with E-state index in [4.69, 9.17) is 5.11 Å². The number of anilines is 1. The van der Waals surface area contributed by atoms with Crippen molar-refractivity contribution in [1.82, 2.24) is 10.3 Å². The molecule has 0 bridgehead atoms. The van der Waals surface area contributed by atoms with Crippen molar-refractivity contribution >= 4 is 34.3 Å². The Bertz CT molecular complexity index is 580. The third-order valence-electron chi connectivity index (χ3n) is 3.32. The van der Waals surface area contributed by atoms with Gasteiger partial charge in [0.05, 0.1) is 12.1 Å². The first-order valence-corrected chi connectivity index (χ1v) is 8.02. The molecule has 1 aliphatic carbocycles. The van der Waals surface area contributed by atoms with E-state index in [1.54, 1.807) is 19.2 Å². The van der Waals surface area contributed by atoms with Gasteiger partial charge in [0.2, 0.25) is 11.8 Å². The summed E-state index contributed by atoms with van der Waals surface area (Å²) in [7, 11) is 0. The van der Waals surface area contributed by atoms with Crippen LogP contribution in [-0.2, 0) is 20.8 Å². The number of carbonyl (C=O) groups excluding carboxylic acids is 2. The van der Waals surface area contributed by atoms with Gasteiger partial charge in [0.25, 0.3) is 0 Å². The van der Waals surface area contributed by atoms with E-state index in [-0.39, 0.29) is 30.1 Å². The molecule has 0 aromatic carbocycles. The van der Waals surface area contributed by atoms with Crippen LogP contribution in [0.3, 0.4) is 0 Å². The van der Waals surface area contributed by atoms with Crippen LogP contribution in [0.5, 0.6) is 0 Å². The number of carbonyl (C=O) groups is 3.